The molecule has 0 saturated heterocycles. The third-order valence-electron chi connectivity index (χ3n) is 3.10. The Kier molecular flexibility index (Phi) is 4.00. The van der Waals surface area contributed by atoms with Gasteiger partial charge in [0.25, 0.3) is 0 Å². The molecule has 0 spiro atoms. The van der Waals surface area contributed by atoms with Crippen LogP contribution in [0.25, 0.3) is 5.57 Å². The van der Waals surface area contributed by atoms with Crippen molar-refractivity contribution in [1.29, 1.82) is 0 Å². The smallest absolute Gasteiger partial charge is 0.0201 e. The summed E-state index contributed by atoms with van der Waals surface area (Å²) in [6, 6.07) is 17.4. The molecule has 0 aliphatic carbocycles. The quantitative estimate of drug-likeness (QED) is 0.567. The lowest BCUT2D eigenvalue weighted by atomic mass is 9.99. The number of hydrogen-bond acceptors (Lipinski definition) is 2. The first-order chi connectivity index (χ1) is 9.40. The highest BCUT2D eigenvalue weighted by atomic mass is 32.2. The Morgan fingerprint density at radius 1 is 0.947 bits per heavy atom. The number of benzene rings is 2. The van der Waals surface area contributed by atoms with E-state index < -0.39 is 0 Å². The van der Waals surface area contributed by atoms with Gasteiger partial charge in [0, 0.05) is 9.79 Å². The molecule has 1 aliphatic rings. The first-order valence-corrected chi connectivity index (χ1v) is 8.45. The Bertz CT molecular complexity index is 567. The molecule has 1 heterocycles. The van der Waals surface area contributed by atoms with Gasteiger partial charge in [-0.15, -0.1) is 11.8 Å². The predicted molar refractivity (Wildman–Crippen MR) is 86.8 cm³/mol. The van der Waals surface area contributed by atoms with E-state index in [0.29, 0.717) is 0 Å². The molecule has 0 N–H and O–H groups in total. The van der Waals surface area contributed by atoms with Gasteiger partial charge in [-0.1, -0.05) is 55.1 Å². The zero-order chi connectivity index (χ0) is 13.1. The van der Waals surface area contributed by atoms with E-state index in [1.54, 1.807) is 0 Å². The molecule has 0 fully saturated rings. The average molecular weight is 284 g/mol. The van der Waals surface area contributed by atoms with Gasteiger partial charge in [-0.3, -0.25) is 0 Å². The minimum Gasteiger partial charge on any atom is -0.133 e. The van der Waals surface area contributed by atoms with Crippen LogP contribution in [0.5, 0.6) is 0 Å². The lowest BCUT2D eigenvalue weighted by Crippen LogP contribution is -1.98. The zero-order valence-corrected chi connectivity index (χ0v) is 12.6. The number of fused-ring (bicyclic) bond motifs is 2. The van der Waals surface area contributed by atoms with Gasteiger partial charge >= 0.3 is 0 Å². The molecule has 0 amide bonds. The Labute approximate surface area is 123 Å². The van der Waals surface area contributed by atoms with Crippen molar-refractivity contribution in [3.05, 3.63) is 65.1 Å². The summed E-state index contributed by atoms with van der Waals surface area (Å²) in [7, 11) is 0. The van der Waals surface area contributed by atoms with Crippen molar-refractivity contribution in [2.24, 2.45) is 0 Å². The predicted octanol–water partition coefficient (Wildman–Crippen LogP) is 5.68. The monoisotopic (exact) mass is 284 g/mol. The van der Waals surface area contributed by atoms with Crippen LogP contribution in [-0.2, 0) is 0 Å². The van der Waals surface area contributed by atoms with Crippen molar-refractivity contribution in [3.8, 4) is 0 Å². The van der Waals surface area contributed by atoms with E-state index in [1.165, 1.54) is 38.7 Å². The van der Waals surface area contributed by atoms with Gasteiger partial charge in [-0.25, -0.2) is 0 Å². The maximum atomic E-state index is 2.33. The van der Waals surface area contributed by atoms with Gasteiger partial charge in [-0.2, -0.15) is 0 Å². The summed E-state index contributed by atoms with van der Waals surface area (Å²) in [4.78, 5) is 2.73. The lowest BCUT2D eigenvalue weighted by Gasteiger charge is -2.21. The molecule has 2 aromatic carbocycles. The van der Waals surface area contributed by atoms with E-state index in [1.807, 2.05) is 23.5 Å². The molecule has 0 saturated carbocycles. The molecule has 19 heavy (non-hydrogen) atoms. The van der Waals surface area contributed by atoms with Crippen LogP contribution in [0.1, 0.15) is 24.5 Å². The molecule has 0 bridgehead atoms. The molecule has 2 heteroatoms. The highest BCUT2D eigenvalue weighted by molar-refractivity contribution is 8.02. The van der Waals surface area contributed by atoms with E-state index in [2.05, 4.69) is 60.9 Å². The summed E-state index contributed by atoms with van der Waals surface area (Å²) in [5, 5.41) is 2.33. The molecular formula is C17H16S2. The first kappa shape index (κ1) is 12.9. The van der Waals surface area contributed by atoms with Crippen LogP contribution < -0.4 is 0 Å². The maximum absolute atomic E-state index is 2.33. The van der Waals surface area contributed by atoms with Gasteiger partial charge in [0.2, 0.25) is 0 Å². The van der Waals surface area contributed by atoms with E-state index in [0.717, 1.165) is 0 Å². The van der Waals surface area contributed by atoms with Gasteiger partial charge < -0.3 is 0 Å². The maximum Gasteiger partial charge on any atom is 0.0201 e. The minimum absolute atomic E-state index is 1.18. The van der Waals surface area contributed by atoms with Crippen LogP contribution in [-0.4, -0.2) is 5.75 Å². The molecule has 1 aliphatic heterocycles. The van der Waals surface area contributed by atoms with E-state index in [-0.39, 0.29) is 0 Å². The summed E-state index contributed by atoms with van der Waals surface area (Å²) in [5.41, 5.74) is 4.12. The van der Waals surface area contributed by atoms with Crippen molar-refractivity contribution in [2.75, 3.05) is 5.75 Å². The largest absolute Gasteiger partial charge is 0.133 e. The standard InChI is InChI=1S/C17H16S2/c1-2-11-18-12-15-13-7-3-5-9-16(13)19-17-10-6-4-8-14(15)17/h3-10,12H,2,11H2,1H3. The third-order valence-corrected chi connectivity index (χ3v) is 5.30. The third kappa shape index (κ3) is 2.60. The Morgan fingerprint density at radius 2 is 1.53 bits per heavy atom. The van der Waals surface area contributed by atoms with Crippen LogP contribution >= 0.6 is 23.5 Å². The van der Waals surface area contributed by atoms with Crippen LogP contribution in [0.3, 0.4) is 0 Å². The average Bonchev–Trinajstić information content (AvgIpc) is 2.46. The molecule has 0 atom stereocenters. The Morgan fingerprint density at radius 3 is 2.11 bits per heavy atom. The Balaban J connectivity index is 2.09. The second-order valence-electron chi connectivity index (χ2n) is 4.50. The topological polar surface area (TPSA) is 0 Å². The highest BCUT2D eigenvalue weighted by Crippen LogP contribution is 2.45. The molecular weight excluding hydrogens is 268 g/mol. The van der Waals surface area contributed by atoms with Crippen molar-refractivity contribution < 1.29 is 0 Å². The van der Waals surface area contributed by atoms with E-state index in [4.69, 9.17) is 0 Å². The number of rotatable bonds is 3. The van der Waals surface area contributed by atoms with Gasteiger partial charge in [0.15, 0.2) is 0 Å². The number of thioether (sulfide) groups is 1. The van der Waals surface area contributed by atoms with Crippen LogP contribution in [0, 0.1) is 0 Å². The minimum atomic E-state index is 1.18. The second kappa shape index (κ2) is 5.89. The van der Waals surface area contributed by atoms with Crippen LogP contribution in [0.15, 0.2) is 63.7 Å². The molecule has 0 radical (unpaired) electrons. The van der Waals surface area contributed by atoms with Crippen molar-refractivity contribution >= 4 is 29.1 Å². The summed E-state index contributed by atoms with van der Waals surface area (Å²) in [5.74, 6) is 1.18. The lowest BCUT2D eigenvalue weighted by molar-refractivity contribution is 1.11. The summed E-state index contributed by atoms with van der Waals surface area (Å²) < 4.78 is 0. The van der Waals surface area contributed by atoms with Gasteiger partial charge in [0.05, 0.1) is 0 Å². The van der Waals surface area contributed by atoms with Gasteiger partial charge in [-0.05, 0) is 46.4 Å². The molecule has 0 unspecified atom stereocenters. The second-order valence-corrected chi connectivity index (χ2v) is 6.56. The van der Waals surface area contributed by atoms with Crippen LogP contribution in [0.2, 0.25) is 0 Å². The number of hydrogen-bond donors (Lipinski definition) is 0. The zero-order valence-electron chi connectivity index (χ0n) is 10.9. The fraction of sp³-hybridized carbons (Fsp3) is 0.176. The van der Waals surface area contributed by atoms with Gasteiger partial charge in [0.1, 0.15) is 0 Å². The fourth-order valence-electron chi connectivity index (χ4n) is 2.21. The van der Waals surface area contributed by atoms with E-state index >= 15 is 0 Å². The summed E-state index contributed by atoms with van der Waals surface area (Å²) >= 11 is 3.79. The molecule has 3 rings (SSSR count). The summed E-state index contributed by atoms with van der Waals surface area (Å²) in [6.07, 6.45) is 1.21. The molecule has 96 valence electrons. The molecule has 0 aromatic heterocycles. The molecule has 0 nitrogen and oxygen atoms in total. The van der Waals surface area contributed by atoms with E-state index in [9.17, 15) is 0 Å². The highest BCUT2D eigenvalue weighted by Gasteiger charge is 2.19. The summed E-state index contributed by atoms with van der Waals surface area (Å²) in [6.45, 7) is 2.23. The van der Waals surface area contributed by atoms with Crippen molar-refractivity contribution in [2.45, 2.75) is 23.1 Å². The molecule has 2 aromatic rings. The fourth-order valence-corrected chi connectivity index (χ4v) is 4.09. The van der Waals surface area contributed by atoms with Crippen molar-refractivity contribution in [3.63, 3.8) is 0 Å². The van der Waals surface area contributed by atoms with Crippen LogP contribution in [0.4, 0.5) is 0 Å². The SMILES string of the molecule is CCCSC=C1c2ccccc2Sc2ccccc21. The first-order valence-electron chi connectivity index (χ1n) is 6.58. The normalized spacial score (nSPS) is 12.8. The Hall–Kier alpha value is -1.12. The van der Waals surface area contributed by atoms with Crippen molar-refractivity contribution in [1.82, 2.24) is 0 Å².